The fourth-order valence-electron chi connectivity index (χ4n) is 2.34. The highest BCUT2D eigenvalue weighted by Gasteiger charge is 2.15. The molecule has 0 spiro atoms. The zero-order valence-electron chi connectivity index (χ0n) is 12.0. The number of hydrogen-bond donors (Lipinski definition) is 0. The van der Waals surface area contributed by atoms with Gasteiger partial charge in [-0.2, -0.15) is 0 Å². The number of ether oxygens (including phenoxy) is 1. The first-order chi connectivity index (χ1) is 10.2. The van der Waals surface area contributed by atoms with Crippen LogP contribution in [0.1, 0.15) is 7.43 Å². The highest BCUT2D eigenvalue weighted by molar-refractivity contribution is 5.45. The van der Waals surface area contributed by atoms with Crippen LogP contribution in [0.5, 0.6) is 11.5 Å². The molecule has 0 N–H and O–H groups in total. The van der Waals surface area contributed by atoms with Gasteiger partial charge in [-0.1, -0.05) is 13.5 Å². The number of benzene rings is 1. The summed E-state index contributed by atoms with van der Waals surface area (Å²) in [5.74, 6) is 1.76. The fourth-order valence-corrected chi connectivity index (χ4v) is 2.34. The average Bonchev–Trinajstić information content (AvgIpc) is 2.48. The summed E-state index contributed by atoms with van der Waals surface area (Å²) in [6.45, 7) is 3.95. The van der Waals surface area contributed by atoms with E-state index in [4.69, 9.17) is 4.74 Å². The van der Waals surface area contributed by atoms with Crippen LogP contribution in [-0.4, -0.2) is 43.1 Å². The van der Waals surface area contributed by atoms with Gasteiger partial charge in [-0.25, -0.2) is 9.37 Å². The third-order valence-corrected chi connectivity index (χ3v) is 3.58. The van der Waals surface area contributed by atoms with E-state index in [0.717, 1.165) is 32.0 Å². The number of rotatable bonds is 3. The van der Waals surface area contributed by atoms with E-state index >= 15 is 0 Å². The molecule has 2 heterocycles. The minimum Gasteiger partial charge on any atom is -0.457 e. The first-order valence-corrected chi connectivity index (χ1v) is 7.04. The molecule has 1 aliphatic heterocycles. The van der Waals surface area contributed by atoms with Crippen LogP contribution < -0.4 is 9.64 Å². The lowest BCUT2D eigenvalue weighted by atomic mass is 10.3. The molecule has 22 heavy (non-hydrogen) atoms. The van der Waals surface area contributed by atoms with Gasteiger partial charge < -0.3 is 14.5 Å². The number of hydrogen-bond acceptors (Lipinski definition) is 4. The molecule has 1 fully saturated rings. The summed E-state index contributed by atoms with van der Waals surface area (Å²) in [4.78, 5) is 8.93. The molecule has 0 aliphatic carbocycles. The zero-order chi connectivity index (χ0) is 14.7. The molecular formula is C17H22FN3O. The van der Waals surface area contributed by atoms with Gasteiger partial charge >= 0.3 is 0 Å². The van der Waals surface area contributed by atoms with Gasteiger partial charge in [-0.05, 0) is 25.2 Å². The van der Waals surface area contributed by atoms with Gasteiger partial charge in [-0.15, -0.1) is 0 Å². The van der Waals surface area contributed by atoms with Crippen molar-refractivity contribution in [2.24, 2.45) is 0 Å². The summed E-state index contributed by atoms with van der Waals surface area (Å²) < 4.78 is 18.9. The molecule has 118 valence electrons. The van der Waals surface area contributed by atoms with Gasteiger partial charge in [0.15, 0.2) is 0 Å². The Hall–Kier alpha value is -2.14. The molecule has 0 atom stereocenters. The molecule has 0 bridgehead atoms. The number of pyridine rings is 1. The minimum atomic E-state index is -0.305. The summed E-state index contributed by atoms with van der Waals surface area (Å²) in [5.41, 5.74) is 0. The van der Waals surface area contributed by atoms with Gasteiger partial charge in [0.05, 0.1) is 0 Å². The smallest absolute Gasteiger partial charge is 0.132 e. The first-order valence-electron chi connectivity index (χ1n) is 7.04. The predicted molar refractivity (Wildman–Crippen MR) is 87.2 cm³/mol. The number of likely N-dealkylation sites (N-methyl/N-ethyl adjacent to an activating group) is 1. The highest BCUT2D eigenvalue weighted by atomic mass is 19.1. The van der Waals surface area contributed by atoms with Crippen molar-refractivity contribution in [1.82, 2.24) is 9.88 Å². The van der Waals surface area contributed by atoms with Crippen LogP contribution in [0.15, 0.2) is 42.6 Å². The largest absolute Gasteiger partial charge is 0.457 e. The van der Waals surface area contributed by atoms with Crippen molar-refractivity contribution < 1.29 is 9.13 Å². The van der Waals surface area contributed by atoms with Crippen molar-refractivity contribution in [3.05, 3.63) is 48.4 Å². The van der Waals surface area contributed by atoms with Gasteiger partial charge in [0.2, 0.25) is 0 Å². The molecule has 1 aromatic heterocycles. The highest BCUT2D eigenvalue weighted by Crippen LogP contribution is 2.25. The SMILES string of the molecule is C.CN1CCN(c2cc(Oc3cccc(F)c3)ccn2)CC1. The van der Waals surface area contributed by atoms with E-state index in [1.165, 1.54) is 12.1 Å². The molecule has 0 radical (unpaired) electrons. The second-order valence-corrected chi connectivity index (χ2v) is 5.20. The Morgan fingerprint density at radius 2 is 1.77 bits per heavy atom. The topological polar surface area (TPSA) is 28.6 Å². The van der Waals surface area contributed by atoms with Gasteiger partial charge in [0.25, 0.3) is 0 Å². The van der Waals surface area contributed by atoms with E-state index in [1.54, 1.807) is 24.4 Å². The monoisotopic (exact) mass is 303 g/mol. The lowest BCUT2D eigenvalue weighted by Gasteiger charge is -2.33. The molecule has 4 nitrogen and oxygen atoms in total. The van der Waals surface area contributed by atoms with Crippen molar-refractivity contribution in [2.75, 3.05) is 38.1 Å². The van der Waals surface area contributed by atoms with Crippen molar-refractivity contribution in [1.29, 1.82) is 0 Å². The van der Waals surface area contributed by atoms with Crippen LogP contribution in [0.3, 0.4) is 0 Å². The summed E-state index contributed by atoms with van der Waals surface area (Å²) >= 11 is 0. The standard InChI is InChI=1S/C16H18FN3O.CH4/c1-19-7-9-20(10-8-19)16-12-15(5-6-18-16)21-14-4-2-3-13(17)11-14;/h2-6,11-12H,7-10H2,1H3;1H4. The van der Waals surface area contributed by atoms with E-state index in [-0.39, 0.29) is 13.2 Å². The zero-order valence-corrected chi connectivity index (χ0v) is 12.0. The van der Waals surface area contributed by atoms with Crippen LogP contribution >= 0.6 is 0 Å². The summed E-state index contributed by atoms with van der Waals surface area (Å²) in [5, 5.41) is 0. The molecule has 2 aromatic rings. The maximum atomic E-state index is 13.2. The number of aromatic nitrogens is 1. The van der Waals surface area contributed by atoms with Crippen LogP contribution in [0, 0.1) is 5.82 Å². The molecule has 3 rings (SSSR count). The van der Waals surface area contributed by atoms with Crippen molar-refractivity contribution in [2.45, 2.75) is 7.43 Å². The van der Waals surface area contributed by atoms with Crippen molar-refractivity contribution in [3.63, 3.8) is 0 Å². The third-order valence-electron chi connectivity index (χ3n) is 3.58. The van der Waals surface area contributed by atoms with Crippen LogP contribution in [0.2, 0.25) is 0 Å². The molecule has 0 saturated carbocycles. The van der Waals surface area contributed by atoms with Gasteiger partial charge in [0, 0.05) is 44.5 Å². The molecule has 5 heteroatoms. The Balaban J connectivity index is 0.00000176. The number of piperazine rings is 1. The third kappa shape index (κ3) is 3.95. The number of halogens is 1. The fraction of sp³-hybridized carbons (Fsp3) is 0.353. The quantitative estimate of drug-likeness (QED) is 0.869. The average molecular weight is 303 g/mol. The van der Waals surface area contributed by atoms with E-state index in [1.807, 2.05) is 6.07 Å². The summed E-state index contributed by atoms with van der Waals surface area (Å²) in [7, 11) is 2.12. The number of nitrogens with zero attached hydrogens (tertiary/aromatic N) is 3. The summed E-state index contributed by atoms with van der Waals surface area (Å²) in [6.07, 6.45) is 1.72. The first kappa shape index (κ1) is 16.2. The van der Waals surface area contributed by atoms with Crippen LogP contribution in [0.25, 0.3) is 0 Å². The molecule has 0 unspecified atom stereocenters. The minimum absolute atomic E-state index is 0. The Morgan fingerprint density at radius 3 is 2.50 bits per heavy atom. The maximum Gasteiger partial charge on any atom is 0.132 e. The van der Waals surface area contributed by atoms with E-state index < -0.39 is 0 Å². The lowest BCUT2D eigenvalue weighted by Crippen LogP contribution is -2.44. The number of anilines is 1. The molecule has 1 saturated heterocycles. The molecule has 0 amide bonds. The summed E-state index contributed by atoms with van der Waals surface area (Å²) in [6, 6.07) is 9.82. The second kappa shape index (κ2) is 7.22. The predicted octanol–water partition coefficient (Wildman–Crippen LogP) is 3.40. The Bertz CT molecular complexity index is 612. The Morgan fingerprint density at radius 1 is 1.05 bits per heavy atom. The molecule has 1 aromatic carbocycles. The van der Waals surface area contributed by atoms with Gasteiger partial charge in [-0.3, -0.25) is 0 Å². The van der Waals surface area contributed by atoms with E-state index in [9.17, 15) is 4.39 Å². The van der Waals surface area contributed by atoms with Crippen molar-refractivity contribution >= 4 is 5.82 Å². The van der Waals surface area contributed by atoms with Crippen molar-refractivity contribution in [3.8, 4) is 11.5 Å². The molecule has 1 aliphatic rings. The van der Waals surface area contributed by atoms with Crippen LogP contribution in [-0.2, 0) is 0 Å². The van der Waals surface area contributed by atoms with Crippen LogP contribution in [0.4, 0.5) is 10.2 Å². The van der Waals surface area contributed by atoms with Gasteiger partial charge in [0.1, 0.15) is 23.1 Å². The second-order valence-electron chi connectivity index (χ2n) is 5.20. The molecular weight excluding hydrogens is 281 g/mol. The normalized spacial score (nSPS) is 15.3. The van der Waals surface area contributed by atoms with E-state index in [0.29, 0.717) is 11.5 Å². The maximum absolute atomic E-state index is 13.2. The van der Waals surface area contributed by atoms with E-state index in [2.05, 4.69) is 21.8 Å². The lowest BCUT2D eigenvalue weighted by molar-refractivity contribution is 0.312. The Labute approximate surface area is 131 Å². The Kier molecular flexibility index (Phi) is 5.33.